The summed E-state index contributed by atoms with van der Waals surface area (Å²) in [5.41, 5.74) is 8.28. The topological polar surface area (TPSA) is 44.5 Å². The molecule has 2 rings (SSSR count). The molecule has 20 heavy (non-hydrogen) atoms. The lowest BCUT2D eigenvalue weighted by molar-refractivity contribution is 0.385. The third kappa shape index (κ3) is 2.85. The van der Waals surface area contributed by atoms with E-state index in [0.717, 1.165) is 20.1 Å². The van der Waals surface area contributed by atoms with E-state index in [1.54, 1.807) is 14.2 Å². The lowest BCUT2D eigenvalue weighted by atomic mass is 9.98. The van der Waals surface area contributed by atoms with Crippen molar-refractivity contribution in [2.75, 3.05) is 14.2 Å². The van der Waals surface area contributed by atoms with E-state index < -0.39 is 0 Å². The Kier molecular flexibility index (Phi) is 5.07. The number of methoxy groups -OCH3 is 2. The number of hydrogen-bond donors (Lipinski definition) is 1. The van der Waals surface area contributed by atoms with E-state index in [9.17, 15) is 0 Å². The molecule has 0 heterocycles. The third-order valence-corrected chi connectivity index (χ3v) is 4.56. The molecule has 0 amide bonds. The van der Waals surface area contributed by atoms with Gasteiger partial charge in [0.2, 0.25) is 0 Å². The van der Waals surface area contributed by atoms with Crippen molar-refractivity contribution in [3.8, 4) is 11.5 Å². The van der Waals surface area contributed by atoms with E-state index in [1.165, 1.54) is 0 Å². The van der Waals surface area contributed by atoms with E-state index in [2.05, 4.69) is 31.9 Å². The zero-order valence-electron chi connectivity index (χ0n) is 11.2. The molecule has 2 N–H and O–H groups in total. The Morgan fingerprint density at radius 3 is 2.25 bits per heavy atom. The number of hydrogen-bond acceptors (Lipinski definition) is 3. The van der Waals surface area contributed by atoms with Gasteiger partial charge in [-0.25, -0.2) is 0 Å². The summed E-state index contributed by atoms with van der Waals surface area (Å²) in [5.74, 6) is 1.40. The Bertz CT molecular complexity index is 617. The quantitative estimate of drug-likeness (QED) is 0.832. The van der Waals surface area contributed by atoms with Crippen molar-refractivity contribution in [1.29, 1.82) is 0 Å². The smallest absolute Gasteiger partial charge is 0.141 e. The largest absolute Gasteiger partial charge is 0.495 e. The first-order chi connectivity index (χ1) is 9.60. The number of ether oxygens (including phenoxy) is 2. The normalized spacial score (nSPS) is 12.1. The maximum atomic E-state index is 6.38. The molecule has 2 aromatic rings. The van der Waals surface area contributed by atoms with Crippen LogP contribution in [0.25, 0.3) is 0 Å². The molecule has 0 bridgehead atoms. The molecule has 0 aliphatic rings. The van der Waals surface area contributed by atoms with Crippen LogP contribution in [-0.4, -0.2) is 14.2 Å². The summed E-state index contributed by atoms with van der Waals surface area (Å²) in [5, 5.41) is 0. The molecule has 0 saturated carbocycles. The molecule has 0 fully saturated rings. The van der Waals surface area contributed by atoms with Crippen LogP contribution in [0.3, 0.4) is 0 Å². The lowest BCUT2D eigenvalue weighted by Gasteiger charge is -2.19. The molecular formula is C15H15Br2NO2. The first-order valence-corrected chi connectivity index (χ1v) is 7.59. The molecule has 0 radical (unpaired) electrons. The minimum Gasteiger partial charge on any atom is -0.495 e. The van der Waals surface area contributed by atoms with Crippen LogP contribution in [-0.2, 0) is 0 Å². The fraction of sp³-hybridized carbons (Fsp3) is 0.200. The lowest BCUT2D eigenvalue weighted by Crippen LogP contribution is -2.14. The molecule has 0 aromatic heterocycles. The summed E-state index contributed by atoms with van der Waals surface area (Å²) >= 11 is 7.02. The van der Waals surface area contributed by atoms with Crippen LogP contribution in [0.4, 0.5) is 0 Å². The minimum absolute atomic E-state index is 0.289. The molecule has 0 aliphatic heterocycles. The van der Waals surface area contributed by atoms with Gasteiger partial charge in [-0.2, -0.15) is 0 Å². The van der Waals surface area contributed by atoms with Crippen molar-refractivity contribution in [3.63, 3.8) is 0 Å². The summed E-state index contributed by atoms with van der Waals surface area (Å²) in [7, 11) is 3.24. The second kappa shape index (κ2) is 6.61. The van der Waals surface area contributed by atoms with Gasteiger partial charge >= 0.3 is 0 Å². The van der Waals surface area contributed by atoms with E-state index in [4.69, 9.17) is 15.2 Å². The second-order valence-electron chi connectivity index (χ2n) is 4.20. The maximum Gasteiger partial charge on any atom is 0.141 e. The van der Waals surface area contributed by atoms with Gasteiger partial charge in [-0.15, -0.1) is 0 Å². The van der Waals surface area contributed by atoms with Gasteiger partial charge in [0.05, 0.1) is 20.3 Å². The molecule has 5 heteroatoms. The van der Waals surface area contributed by atoms with E-state index >= 15 is 0 Å². The Labute approximate surface area is 135 Å². The average molecular weight is 401 g/mol. The standard InChI is InChI=1S/C15H15Br2NO2/c1-19-12-8-7-10(15(20-2)13(12)17)14(18)9-5-3-4-6-11(9)16/h3-8,14H,18H2,1-2H3. The Balaban J connectivity index is 2.53. The molecule has 1 unspecified atom stereocenters. The van der Waals surface area contributed by atoms with Crippen LogP contribution in [0.15, 0.2) is 45.3 Å². The summed E-state index contributed by atoms with van der Waals surface area (Å²) in [6.07, 6.45) is 0. The van der Waals surface area contributed by atoms with Crippen LogP contribution in [0.1, 0.15) is 17.2 Å². The molecule has 0 saturated heterocycles. The number of rotatable bonds is 4. The van der Waals surface area contributed by atoms with E-state index in [-0.39, 0.29) is 6.04 Å². The van der Waals surface area contributed by atoms with Crippen LogP contribution in [0, 0.1) is 0 Å². The average Bonchev–Trinajstić information content (AvgIpc) is 2.46. The van der Waals surface area contributed by atoms with Gasteiger partial charge in [-0.3, -0.25) is 0 Å². The van der Waals surface area contributed by atoms with Gasteiger partial charge in [0.25, 0.3) is 0 Å². The predicted molar refractivity (Wildman–Crippen MR) is 87.4 cm³/mol. The third-order valence-electron chi connectivity index (χ3n) is 3.09. The highest BCUT2D eigenvalue weighted by Crippen LogP contribution is 2.41. The van der Waals surface area contributed by atoms with Crippen LogP contribution in [0.2, 0.25) is 0 Å². The van der Waals surface area contributed by atoms with Gasteiger partial charge in [0, 0.05) is 10.0 Å². The van der Waals surface area contributed by atoms with Crippen molar-refractivity contribution < 1.29 is 9.47 Å². The van der Waals surface area contributed by atoms with Crippen molar-refractivity contribution in [3.05, 3.63) is 56.5 Å². The monoisotopic (exact) mass is 399 g/mol. The van der Waals surface area contributed by atoms with E-state index in [1.807, 2.05) is 36.4 Å². The molecular weight excluding hydrogens is 386 g/mol. The highest BCUT2D eigenvalue weighted by atomic mass is 79.9. The predicted octanol–water partition coefficient (Wildman–Crippen LogP) is 4.28. The van der Waals surface area contributed by atoms with Crippen LogP contribution < -0.4 is 15.2 Å². The van der Waals surface area contributed by atoms with Gasteiger partial charge in [0.1, 0.15) is 16.0 Å². The highest BCUT2D eigenvalue weighted by Gasteiger charge is 2.20. The first-order valence-electron chi connectivity index (χ1n) is 6.00. The van der Waals surface area contributed by atoms with Crippen molar-refractivity contribution in [2.24, 2.45) is 5.73 Å². The molecule has 0 aliphatic carbocycles. The second-order valence-corrected chi connectivity index (χ2v) is 5.85. The summed E-state index contributed by atoms with van der Waals surface area (Å²) < 4.78 is 12.5. The fourth-order valence-corrected chi connectivity index (χ4v) is 3.27. The molecule has 3 nitrogen and oxygen atoms in total. The fourth-order valence-electron chi connectivity index (χ4n) is 2.06. The Morgan fingerprint density at radius 2 is 1.65 bits per heavy atom. The SMILES string of the molecule is COc1ccc(C(N)c2ccccc2Br)c(OC)c1Br. The minimum atomic E-state index is -0.289. The Morgan fingerprint density at radius 1 is 0.950 bits per heavy atom. The van der Waals surface area contributed by atoms with Gasteiger partial charge in [0.15, 0.2) is 0 Å². The molecule has 0 spiro atoms. The summed E-state index contributed by atoms with van der Waals surface area (Å²) in [4.78, 5) is 0. The number of nitrogens with two attached hydrogens (primary N) is 1. The number of benzene rings is 2. The van der Waals surface area contributed by atoms with Crippen molar-refractivity contribution in [2.45, 2.75) is 6.04 Å². The van der Waals surface area contributed by atoms with Crippen LogP contribution >= 0.6 is 31.9 Å². The zero-order valence-corrected chi connectivity index (χ0v) is 14.4. The maximum absolute atomic E-state index is 6.38. The highest BCUT2D eigenvalue weighted by molar-refractivity contribution is 9.11. The van der Waals surface area contributed by atoms with Crippen molar-refractivity contribution >= 4 is 31.9 Å². The first kappa shape index (κ1) is 15.4. The summed E-state index contributed by atoms with van der Waals surface area (Å²) in [6.45, 7) is 0. The molecule has 106 valence electrons. The van der Waals surface area contributed by atoms with Gasteiger partial charge in [-0.1, -0.05) is 34.1 Å². The Hall–Kier alpha value is -1.04. The number of halogens is 2. The molecule has 1 atom stereocenters. The van der Waals surface area contributed by atoms with Gasteiger partial charge in [-0.05, 0) is 39.7 Å². The van der Waals surface area contributed by atoms with Crippen LogP contribution in [0.5, 0.6) is 11.5 Å². The van der Waals surface area contributed by atoms with Crippen molar-refractivity contribution in [1.82, 2.24) is 0 Å². The van der Waals surface area contributed by atoms with E-state index in [0.29, 0.717) is 11.5 Å². The molecule has 2 aromatic carbocycles. The zero-order chi connectivity index (χ0) is 14.7. The van der Waals surface area contributed by atoms with Gasteiger partial charge < -0.3 is 15.2 Å². The summed E-state index contributed by atoms with van der Waals surface area (Å²) in [6, 6.07) is 11.4.